The third-order valence-corrected chi connectivity index (χ3v) is 4.25. The Hall–Kier alpha value is -2.15. The third-order valence-electron chi connectivity index (χ3n) is 4.25. The summed E-state index contributed by atoms with van der Waals surface area (Å²) in [6.45, 7) is 2.91. The van der Waals surface area contributed by atoms with Crippen LogP contribution in [-0.2, 0) is 4.74 Å². The molecule has 7 heteroatoms. The predicted molar refractivity (Wildman–Crippen MR) is 89.3 cm³/mol. The number of nitrogens with two attached hydrogens (primary N) is 1. The monoisotopic (exact) mass is 337 g/mol. The number of amides is 3. The van der Waals surface area contributed by atoms with E-state index in [1.54, 1.807) is 0 Å². The molecule has 0 radical (unpaired) electrons. The van der Waals surface area contributed by atoms with Gasteiger partial charge in [-0.05, 0) is 37.0 Å². The molecule has 1 aliphatic carbocycles. The smallest absolute Gasteiger partial charge is 0.319 e. The van der Waals surface area contributed by atoms with Gasteiger partial charge in [0, 0.05) is 12.1 Å². The maximum Gasteiger partial charge on any atom is 0.319 e. The molecule has 2 atom stereocenters. The van der Waals surface area contributed by atoms with Crippen molar-refractivity contribution in [2.45, 2.75) is 38.7 Å². The molecular formula is C17H24FN3O3. The molecule has 24 heavy (non-hydrogen) atoms. The first-order chi connectivity index (χ1) is 11.5. The van der Waals surface area contributed by atoms with Gasteiger partial charge in [0.05, 0.1) is 18.4 Å². The molecule has 0 saturated heterocycles. The summed E-state index contributed by atoms with van der Waals surface area (Å²) in [6.07, 6.45) is 4.90. The summed E-state index contributed by atoms with van der Waals surface area (Å²) in [5.41, 5.74) is 5.17. The van der Waals surface area contributed by atoms with Gasteiger partial charge < -0.3 is 21.1 Å². The Kier molecular flexibility index (Phi) is 6.54. The van der Waals surface area contributed by atoms with Gasteiger partial charge in [0.15, 0.2) is 0 Å². The van der Waals surface area contributed by atoms with Crippen LogP contribution in [0.2, 0.25) is 0 Å². The van der Waals surface area contributed by atoms with Gasteiger partial charge in [-0.15, -0.1) is 0 Å². The van der Waals surface area contributed by atoms with Crippen LogP contribution in [0.1, 0.15) is 43.0 Å². The van der Waals surface area contributed by atoms with Crippen molar-refractivity contribution in [3.63, 3.8) is 0 Å². The number of primary amides is 1. The third kappa shape index (κ3) is 5.19. The minimum atomic E-state index is -0.687. The van der Waals surface area contributed by atoms with E-state index in [4.69, 9.17) is 10.5 Å². The van der Waals surface area contributed by atoms with Gasteiger partial charge in [0.2, 0.25) is 5.91 Å². The standard InChI is InChI=1S/C17H24FN3O3/c1-11-4-2-3-5-15(11)24-9-8-20-17(23)21-14-10-12(16(19)22)6-7-13(14)18/h6-7,10-11,15H,2-5,8-9H2,1H3,(H2,19,22)(H2,20,21,23)/t11-,15-/m0/s1. The number of hydrogen-bond acceptors (Lipinski definition) is 3. The molecule has 1 fully saturated rings. The Morgan fingerprint density at radius 3 is 2.79 bits per heavy atom. The van der Waals surface area contributed by atoms with Crippen LogP contribution in [0, 0.1) is 11.7 Å². The van der Waals surface area contributed by atoms with Crippen molar-refractivity contribution in [2.24, 2.45) is 11.7 Å². The summed E-state index contributed by atoms with van der Waals surface area (Å²) in [5.74, 6) is -0.783. The van der Waals surface area contributed by atoms with Crippen molar-refractivity contribution in [3.05, 3.63) is 29.6 Å². The molecule has 3 amide bonds. The molecule has 1 aromatic carbocycles. The molecule has 0 aromatic heterocycles. The van der Waals surface area contributed by atoms with Gasteiger partial charge in [-0.25, -0.2) is 9.18 Å². The molecule has 0 aliphatic heterocycles. The van der Waals surface area contributed by atoms with E-state index in [9.17, 15) is 14.0 Å². The molecule has 0 unspecified atom stereocenters. The minimum Gasteiger partial charge on any atom is -0.376 e. The van der Waals surface area contributed by atoms with E-state index in [-0.39, 0.29) is 17.4 Å². The highest BCUT2D eigenvalue weighted by Crippen LogP contribution is 2.26. The number of benzene rings is 1. The Labute approximate surface area is 140 Å². The molecule has 0 spiro atoms. The van der Waals surface area contributed by atoms with Gasteiger partial charge in [-0.1, -0.05) is 19.8 Å². The number of hydrogen-bond donors (Lipinski definition) is 3. The topological polar surface area (TPSA) is 93.4 Å². The fourth-order valence-electron chi connectivity index (χ4n) is 2.85. The van der Waals surface area contributed by atoms with Crippen LogP contribution in [0.5, 0.6) is 0 Å². The van der Waals surface area contributed by atoms with Crippen molar-refractivity contribution in [3.8, 4) is 0 Å². The predicted octanol–water partition coefficient (Wildman–Crippen LogP) is 2.64. The molecular weight excluding hydrogens is 313 g/mol. The Morgan fingerprint density at radius 1 is 1.33 bits per heavy atom. The van der Waals surface area contributed by atoms with Crippen molar-refractivity contribution in [2.75, 3.05) is 18.5 Å². The first-order valence-electron chi connectivity index (χ1n) is 8.23. The molecule has 1 aromatic rings. The average Bonchev–Trinajstić information content (AvgIpc) is 2.55. The molecule has 132 valence electrons. The minimum absolute atomic E-state index is 0.0920. The summed E-state index contributed by atoms with van der Waals surface area (Å²) >= 11 is 0. The number of rotatable bonds is 6. The summed E-state index contributed by atoms with van der Waals surface area (Å²) in [5, 5.41) is 4.97. The number of anilines is 1. The first kappa shape index (κ1) is 18.2. The molecule has 1 saturated carbocycles. The maximum absolute atomic E-state index is 13.6. The number of nitrogens with one attached hydrogen (secondary N) is 2. The van der Waals surface area contributed by atoms with Crippen molar-refractivity contribution in [1.82, 2.24) is 5.32 Å². The van der Waals surface area contributed by atoms with Crippen LogP contribution in [0.3, 0.4) is 0 Å². The second kappa shape index (κ2) is 8.63. The SMILES string of the molecule is C[C@H]1CCCC[C@@H]1OCCNC(=O)Nc1cc(C(N)=O)ccc1F. The van der Waals surface area contributed by atoms with E-state index >= 15 is 0 Å². The first-order valence-corrected chi connectivity index (χ1v) is 8.23. The van der Waals surface area contributed by atoms with E-state index in [0.717, 1.165) is 12.5 Å². The normalized spacial score (nSPS) is 20.4. The molecule has 0 heterocycles. The lowest BCUT2D eigenvalue weighted by Crippen LogP contribution is -2.34. The van der Waals surface area contributed by atoms with Crippen LogP contribution >= 0.6 is 0 Å². The zero-order valence-corrected chi connectivity index (χ0v) is 13.8. The van der Waals surface area contributed by atoms with Crippen molar-refractivity contribution >= 4 is 17.6 Å². The highest BCUT2D eigenvalue weighted by Gasteiger charge is 2.21. The number of halogens is 1. The maximum atomic E-state index is 13.6. The highest BCUT2D eigenvalue weighted by molar-refractivity contribution is 5.96. The molecule has 6 nitrogen and oxygen atoms in total. The van der Waals surface area contributed by atoms with Crippen LogP contribution in [-0.4, -0.2) is 31.2 Å². The summed E-state index contributed by atoms with van der Waals surface area (Å²) in [4.78, 5) is 22.9. The zero-order chi connectivity index (χ0) is 17.5. The highest BCUT2D eigenvalue weighted by atomic mass is 19.1. The van der Waals surface area contributed by atoms with Crippen molar-refractivity contribution < 1.29 is 18.7 Å². The number of ether oxygens (including phenoxy) is 1. The van der Waals surface area contributed by atoms with Crippen LogP contribution in [0.15, 0.2) is 18.2 Å². The fourth-order valence-corrected chi connectivity index (χ4v) is 2.85. The molecule has 1 aliphatic rings. The van der Waals surface area contributed by atoms with Gasteiger partial charge in [-0.2, -0.15) is 0 Å². The summed E-state index contributed by atoms with van der Waals surface area (Å²) in [6, 6.07) is 3.00. The zero-order valence-electron chi connectivity index (χ0n) is 13.8. The van der Waals surface area contributed by atoms with Crippen LogP contribution in [0.25, 0.3) is 0 Å². The van der Waals surface area contributed by atoms with E-state index in [0.29, 0.717) is 19.1 Å². The Morgan fingerprint density at radius 2 is 2.08 bits per heavy atom. The van der Waals surface area contributed by atoms with Crippen LogP contribution in [0.4, 0.5) is 14.9 Å². The van der Waals surface area contributed by atoms with E-state index in [1.165, 1.54) is 31.4 Å². The van der Waals surface area contributed by atoms with Crippen LogP contribution < -0.4 is 16.4 Å². The summed E-state index contributed by atoms with van der Waals surface area (Å²) in [7, 11) is 0. The Bertz CT molecular complexity index is 594. The average molecular weight is 337 g/mol. The quantitative estimate of drug-likeness (QED) is 0.697. The second-order valence-electron chi connectivity index (χ2n) is 6.11. The summed E-state index contributed by atoms with van der Waals surface area (Å²) < 4.78 is 19.4. The lowest BCUT2D eigenvalue weighted by Gasteiger charge is -2.28. The van der Waals surface area contributed by atoms with E-state index in [2.05, 4.69) is 17.6 Å². The van der Waals surface area contributed by atoms with Gasteiger partial charge in [0.25, 0.3) is 0 Å². The molecule has 0 bridgehead atoms. The fraction of sp³-hybridized carbons (Fsp3) is 0.529. The number of urea groups is 1. The van der Waals surface area contributed by atoms with Gasteiger partial charge in [-0.3, -0.25) is 4.79 Å². The molecule has 4 N–H and O–H groups in total. The second-order valence-corrected chi connectivity index (χ2v) is 6.11. The number of carbonyl (C=O) groups excluding carboxylic acids is 2. The van der Waals surface area contributed by atoms with Gasteiger partial charge in [0.1, 0.15) is 5.82 Å². The van der Waals surface area contributed by atoms with E-state index < -0.39 is 17.8 Å². The van der Waals surface area contributed by atoms with Gasteiger partial charge >= 0.3 is 6.03 Å². The largest absolute Gasteiger partial charge is 0.376 e. The lowest BCUT2D eigenvalue weighted by atomic mass is 9.88. The van der Waals surface area contributed by atoms with Crippen molar-refractivity contribution in [1.29, 1.82) is 0 Å². The Balaban J connectivity index is 1.75. The number of carbonyl (C=O) groups is 2. The lowest BCUT2D eigenvalue weighted by molar-refractivity contribution is -0.00232. The molecule has 2 rings (SSSR count). The van der Waals surface area contributed by atoms with E-state index in [1.807, 2.05) is 0 Å².